The van der Waals surface area contributed by atoms with Crippen molar-refractivity contribution in [3.8, 4) is 0 Å². The van der Waals surface area contributed by atoms with Crippen molar-refractivity contribution >= 4 is 33.0 Å². The minimum Gasteiger partial charge on any atom is -0.324 e. The van der Waals surface area contributed by atoms with Crippen molar-refractivity contribution in [2.75, 3.05) is 20.6 Å². The molecule has 6 nitrogen and oxygen atoms in total. The van der Waals surface area contributed by atoms with Crippen LogP contribution < -0.4 is 4.72 Å². The second kappa shape index (κ2) is 6.45. The number of aryl methyl sites for hydroxylation is 1. The van der Waals surface area contributed by atoms with Gasteiger partial charge in [0.25, 0.3) is 10.0 Å². The average molecular weight is 349 g/mol. The number of aromatic nitrogens is 2. The summed E-state index contributed by atoms with van der Waals surface area (Å²) >= 11 is 7.53. The van der Waals surface area contributed by atoms with Gasteiger partial charge < -0.3 is 9.47 Å². The van der Waals surface area contributed by atoms with E-state index in [4.69, 9.17) is 11.6 Å². The van der Waals surface area contributed by atoms with Crippen LogP contribution in [-0.4, -0.2) is 43.5 Å². The van der Waals surface area contributed by atoms with Crippen LogP contribution in [0.4, 0.5) is 0 Å². The van der Waals surface area contributed by atoms with Gasteiger partial charge in [-0.15, -0.1) is 11.3 Å². The zero-order chi connectivity index (χ0) is 15.6. The van der Waals surface area contributed by atoms with Gasteiger partial charge in [-0.05, 0) is 25.5 Å². The van der Waals surface area contributed by atoms with Crippen LogP contribution in [0, 0.1) is 0 Å². The fraction of sp³-hybridized carbons (Fsp3) is 0.417. The normalized spacial score (nSPS) is 13.8. The number of halogens is 1. The molecule has 0 aliphatic rings. The number of likely N-dealkylation sites (N-methyl/N-ethyl adjacent to an activating group) is 1. The minimum atomic E-state index is -3.73. The zero-order valence-corrected chi connectivity index (χ0v) is 14.3. The van der Waals surface area contributed by atoms with E-state index in [-0.39, 0.29) is 22.8 Å². The fourth-order valence-electron chi connectivity index (χ4n) is 1.85. The van der Waals surface area contributed by atoms with Crippen molar-refractivity contribution in [2.45, 2.75) is 11.1 Å². The molecule has 0 spiro atoms. The maximum Gasteiger partial charge on any atom is 0.261 e. The molecule has 0 saturated heterocycles. The van der Waals surface area contributed by atoms with Gasteiger partial charge in [0.1, 0.15) is 5.15 Å². The van der Waals surface area contributed by atoms with E-state index in [2.05, 4.69) is 9.71 Å². The Bertz CT molecular complexity index is 695. The molecule has 0 saturated carbocycles. The Morgan fingerprint density at radius 1 is 1.52 bits per heavy atom. The summed E-state index contributed by atoms with van der Waals surface area (Å²) in [5.74, 6) is 0. The van der Waals surface area contributed by atoms with Crippen LogP contribution in [0.5, 0.6) is 0 Å². The lowest BCUT2D eigenvalue weighted by Crippen LogP contribution is -2.34. The standard InChI is InChI=1S/C12H17ClN4O2S2/c1-16(2)9(10-5-4-6-20-10)7-15-21(18,19)12-11(13)17(3)8-14-12/h4-6,8-9,15H,7H2,1-3H3/t9-/m0/s1. The zero-order valence-electron chi connectivity index (χ0n) is 11.9. The molecule has 2 rings (SSSR count). The van der Waals surface area contributed by atoms with Crippen LogP contribution in [0.25, 0.3) is 0 Å². The first-order valence-electron chi connectivity index (χ1n) is 6.19. The topological polar surface area (TPSA) is 67.2 Å². The molecule has 9 heteroatoms. The lowest BCUT2D eigenvalue weighted by Gasteiger charge is -2.23. The highest BCUT2D eigenvalue weighted by molar-refractivity contribution is 7.89. The third-order valence-electron chi connectivity index (χ3n) is 3.05. The van der Waals surface area contributed by atoms with Gasteiger partial charge in [-0.25, -0.2) is 18.1 Å². The van der Waals surface area contributed by atoms with Crippen molar-refractivity contribution in [1.82, 2.24) is 19.2 Å². The van der Waals surface area contributed by atoms with E-state index in [0.717, 1.165) is 4.88 Å². The first-order chi connectivity index (χ1) is 9.83. The first kappa shape index (κ1) is 16.4. The minimum absolute atomic E-state index is 0.0396. The molecule has 2 heterocycles. The van der Waals surface area contributed by atoms with Gasteiger partial charge in [-0.1, -0.05) is 17.7 Å². The van der Waals surface area contributed by atoms with Crippen LogP contribution in [-0.2, 0) is 17.1 Å². The number of imidazole rings is 1. The summed E-state index contributed by atoms with van der Waals surface area (Å²) in [6, 6.07) is 3.89. The predicted molar refractivity (Wildman–Crippen MR) is 84.2 cm³/mol. The van der Waals surface area contributed by atoms with Gasteiger partial charge in [-0.3, -0.25) is 0 Å². The third kappa shape index (κ3) is 3.64. The lowest BCUT2D eigenvalue weighted by molar-refractivity contribution is 0.303. The summed E-state index contributed by atoms with van der Waals surface area (Å²) < 4.78 is 28.6. The largest absolute Gasteiger partial charge is 0.324 e. The lowest BCUT2D eigenvalue weighted by atomic mass is 10.2. The van der Waals surface area contributed by atoms with Crippen LogP contribution in [0.3, 0.4) is 0 Å². The van der Waals surface area contributed by atoms with Gasteiger partial charge in [0.15, 0.2) is 0 Å². The molecule has 0 radical (unpaired) electrons. The molecular formula is C12H17ClN4O2S2. The Morgan fingerprint density at radius 2 is 2.24 bits per heavy atom. The summed E-state index contributed by atoms with van der Waals surface area (Å²) in [7, 11) is 1.73. The van der Waals surface area contributed by atoms with Crippen molar-refractivity contribution in [2.24, 2.45) is 7.05 Å². The SMILES string of the molecule is CN(C)[C@@H](CNS(=O)(=O)c1ncn(C)c1Cl)c1cccs1. The number of hydrogen-bond acceptors (Lipinski definition) is 5. The molecule has 21 heavy (non-hydrogen) atoms. The summed E-state index contributed by atoms with van der Waals surface area (Å²) in [4.78, 5) is 6.90. The molecular weight excluding hydrogens is 332 g/mol. The molecule has 0 bridgehead atoms. The number of sulfonamides is 1. The van der Waals surface area contributed by atoms with Crippen LogP contribution in [0.1, 0.15) is 10.9 Å². The van der Waals surface area contributed by atoms with E-state index in [0.29, 0.717) is 0 Å². The molecule has 1 atom stereocenters. The summed E-state index contributed by atoms with van der Waals surface area (Å²) in [5, 5.41) is 1.92. The third-order valence-corrected chi connectivity index (χ3v) is 5.94. The van der Waals surface area contributed by atoms with Gasteiger partial charge in [-0.2, -0.15) is 0 Å². The second-order valence-electron chi connectivity index (χ2n) is 4.80. The smallest absolute Gasteiger partial charge is 0.261 e. The van der Waals surface area contributed by atoms with Crippen molar-refractivity contribution in [3.63, 3.8) is 0 Å². The van der Waals surface area contributed by atoms with E-state index in [1.165, 1.54) is 10.9 Å². The Balaban J connectivity index is 2.15. The number of nitrogens with zero attached hydrogens (tertiary/aromatic N) is 3. The van der Waals surface area contributed by atoms with E-state index in [9.17, 15) is 8.42 Å². The van der Waals surface area contributed by atoms with Gasteiger partial charge in [0, 0.05) is 18.5 Å². The van der Waals surface area contributed by atoms with Crippen molar-refractivity contribution in [1.29, 1.82) is 0 Å². The highest BCUT2D eigenvalue weighted by Crippen LogP contribution is 2.24. The molecule has 1 N–H and O–H groups in total. The summed E-state index contributed by atoms with van der Waals surface area (Å²) in [5.41, 5.74) is 0. The average Bonchev–Trinajstić information content (AvgIpc) is 3.01. The Kier molecular flexibility index (Phi) is 5.05. The molecule has 0 aliphatic heterocycles. The highest BCUT2D eigenvalue weighted by Gasteiger charge is 2.24. The molecule has 0 aliphatic carbocycles. The summed E-state index contributed by atoms with van der Waals surface area (Å²) in [6.07, 6.45) is 1.37. The second-order valence-corrected chi connectivity index (χ2v) is 7.82. The van der Waals surface area contributed by atoms with Crippen molar-refractivity contribution in [3.05, 3.63) is 33.9 Å². The van der Waals surface area contributed by atoms with Crippen LogP contribution in [0.15, 0.2) is 28.9 Å². The maximum absolute atomic E-state index is 12.3. The number of thiophene rings is 1. The van der Waals surface area contributed by atoms with Gasteiger partial charge >= 0.3 is 0 Å². The number of hydrogen-bond donors (Lipinski definition) is 1. The van der Waals surface area contributed by atoms with Crippen LogP contribution in [0.2, 0.25) is 5.15 Å². The maximum atomic E-state index is 12.3. The summed E-state index contributed by atoms with van der Waals surface area (Å²) in [6.45, 7) is 0.253. The van der Waals surface area contributed by atoms with Gasteiger partial charge in [0.2, 0.25) is 5.03 Å². The fourth-order valence-corrected chi connectivity index (χ4v) is 4.24. The Hall–Kier alpha value is -0.930. The Morgan fingerprint density at radius 3 is 2.71 bits per heavy atom. The van der Waals surface area contributed by atoms with E-state index < -0.39 is 10.0 Å². The molecule has 2 aromatic heterocycles. The highest BCUT2D eigenvalue weighted by atomic mass is 35.5. The van der Waals surface area contributed by atoms with E-state index >= 15 is 0 Å². The van der Waals surface area contributed by atoms with Gasteiger partial charge in [0.05, 0.1) is 12.4 Å². The number of nitrogens with one attached hydrogen (secondary N) is 1. The predicted octanol–water partition coefficient (Wildman–Crippen LogP) is 1.72. The monoisotopic (exact) mass is 348 g/mol. The molecule has 0 aromatic carbocycles. The molecule has 116 valence electrons. The van der Waals surface area contributed by atoms with Crippen LogP contribution >= 0.6 is 22.9 Å². The molecule has 2 aromatic rings. The molecule has 0 unspecified atom stereocenters. The molecule has 0 amide bonds. The Labute approximate surface area is 133 Å². The quantitative estimate of drug-likeness (QED) is 0.863. The van der Waals surface area contributed by atoms with E-state index in [1.54, 1.807) is 18.4 Å². The first-order valence-corrected chi connectivity index (χ1v) is 8.93. The molecule has 0 fully saturated rings. The van der Waals surface area contributed by atoms with E-state index in [1.807, 2.05) is 36.5 Å². The van der Waals surface area contributed by atoms with Crippen molar-refractivity contribution < 1.29 is 8.42 Å². The number of rotatable bonds is 6.